The number of carbonyl (C=O) groups is 2. The Morgan fingerprint density at radius 3 is 2.21 bits per heavy atom. The lowest BCUT2D eigenvalue weighted by Gasteiger charge is -2.10. The summed E-state index contributed by atoms with van der Waals surface area (Å²) in [5.74, 6) is -0.306. The number of hydrogen-bond donors (Lipinski definition) is 3. The van der Waals surface area contributed by atoms with Gasteiger partial charge in [0.05, 0.1) is 0 Å². The van der Waals surface area contributed by atoms with Gasteiger partial charge in [0.1, 0.15) is 0 Å². The molecule has 0 aliphatic carbocycles. The number of aryl methyl sites for hydroxylation is 1. The molecule has 2 amide bonds. The molecule has 0 aromatic heterocycles. The zero-order chi connectivity index (χ0) is 17.5. The van der Waals surface area contributed by atoms with E-state index in [1.54, 1.807) is 37.3 Å². The molecule has 0 saturated heterocycles. The third-order valence-electron chi connectivity index (χ3n) is 3.25. The van der Waals surface area contributed by atoms with Crippen LogP contribution in [0.15, 0.2) is 48.5 Å². The van der Waals surface area contributed by atoms with Crippen LogP contribution in [0.5, 0.6) is 0 Å². The van der Waals surface area contributed by atoms with Crippen molar-refractivity contribution in [3.63, 3.8) is 0 Å². The SMILES string of the molecule is CCC(=O)NC(=S)Nc1ccc(NC(=O)c2cccc(C)c2)cc1. The Kier molecular flexibility index (Phi) is 6.03. The highest BCUT2D eigenvalue weighted by Gasteiger charge is 2.06. The smallest absolute Gasteiger partial charge is 0.255 e. The van der Waals surface area contributed by atoms with Crippen LogP contribution in [0.4, 0.5) is 11.4 Å². The van der Waals surface area contributed by atoms with E-state index in [9.17, 15) is 9.59 Å². The molecule has 0 spiro atoms. The zero-order valence-electron chi connectivity index (χ0n) is 13.6. The molecule has 5 nitrogen and oxygen atoms in total. The van der Waals surface area contributed by atoms with Crippen LogP contribution in [-0.4, -0.2) is 16.9 Å². The summed E-state index contributed by atoms with van der Waals surface area (Å²) in [6.07, 6.45) is 0.367. The van der Waals surface area contributed by atoms with E-state index in [1.165, 1.54) is 0 Å². The lowest BCUT2D eigenvalue weighted by molar-refractivity contribution is -0.119. The van der Waals surface area contributed by atoms with Crippen LogP contribution in [0.25, 0.3) is 0 Å². The molecule has 0 atom stereocenters. The number of thiocarbonyl (C=S) groups is 1. The molecular weight excluding hydrogens is 322 g/mol. The van der Waals surface area contributed by atoms with E-state index in [0.29, 0.717) is 17.7 Å². The molecule has 2 aromatic rings. The number of hydrogen-bond acceptors (Lipinski definition) is 3. The summed E-state index contributed by atoms with van der Waals surface area (Å²) < 4.78 is 0. The maximum Gasteiger partial charge on any atom is 0.255 e. The lowest BCUT2D eigenvalue weighted by Crippen LogP contribution is -2.33. The van der Waals surface area contributed by atoms with E-state index in [4.69, 9.17) is 12.2 Å². The number of carbonyl (C=O) groups excluding carboxylic acids is 2. The quantitative estimate of drug-likeness (QED) is 0.745. The lowest BCUT2D eigenvalue weighted by atomic mass is 10.1. The molecular formula is C18H19N3O2S. The number of anilines is 2. The van der Waals surface area contributed by atoms with Crippen LogP contribution < -0.4 is 16.0 Å². The Hall–Kier alpha value is -2.73. The van der Waals surface area contributed by atoms with Gasteiger partial charge in [-0.1, -0.05) is 24.6 Å². The van der Waals surface area contributed by atoms with Crippen molar-refractivity contribution in [3.8, 4) is 0 Å². The van der Waals surface area contributed by atoms with E-state index < -0.39 is 0 Å². The minimum atomic E-state index is -0.162. The average Bonchev–Trinajstić information content (AvgIpc) is 2.56. The Morgan fingerprint density at radius 1 is 1.00 bits per heavy atom. The summed E-state index contributed by atoms with van der Waals surface area (Å²) in [4.78, 5) is 23.4. The minimum Gasteiger partial charge on any atom is -0.332 e. The summed E-state index contributed by atoms with van der Waals surface area (Å²) in [5.41, 5.74) is 3.05. The van der Waals surface area contributed by atoms with E-state index in [1.807, 2.05) is 25.1 Å². The summed E-state index contributed by atoms with van der Waals surface area (Å²) in [5, 5.41) is 8.56. The molecule has 0 saturated carbocycles. The Bertz CT molecular complexity index is 757. The van der Waals surface area contributed by atoms with E-state index >= 15 is 0 Å². The molecule has 0 fully saturated rings. The van der Waals surface area contributed by atoms with Crippen LogP contribution in [0, 0.1) is 6.92 Å². The number of amides is 2. The van der Waals surface area contributed by atoms with Gasteiger partial charge in [0, 0.05) is 23.4 Å². The maximum atomic E-state index is 12.2. The van der Waals surface area contributed by atoms with Crippen LogP contribution in [0.3, 0.4) is 0 Å². The van der Waals surface area contributed by atoms with Gasteiger partial charge in [0.15, 0.2) is 5.11 Å². The first kappa shape index (κ1) is 17.6. The minimum absolute atomic E-state index is 0.144. The second-order valence-corrected chi connectivity index (χ2v) is 5.67. The molecule has 0 unspecified atom stereocenters. The fraction of sp³-hybridized carbons (Fsp3) is 0.167. The molecule has 2 aromatic carbocycles. The molecule has 0 aliphatic heterocycles. The highest BCUT2D eigenvalue weighted by atomic mass is 32.1. The molecule has 0 radical (unpaired) electrons. The van der Waals surface area contributed by atoms with Crippen LogP contribution in [0.2, 0.25) is 0 Å². The number of nitrogens with one attached hydrogen (secondary N) is 3. The van der Waals surface area contributed by atoms with Crippen molar-refractivity contribution in [2.24, 2.45) is 0 Å². The third kappa shape index (κ3) is 5.17. The van der Waals surface area contributed by atoms with Gasteiger partial charge in [-0.3, -0.25) is 9.59 Å². The van der Waals surface area contributed by atoms with Crippen LogP contribution >= 0.6 is 12.2 Å². The standard InChI is InChI=1S/C18H19N3O2S/c1-3-16(22)21-18(24)20-15-9-7-14(8-10-15)19-17(23)13-6-4-5-12(2)11-13/h4-11H,3H2,1-2H3,(H,19,23)(H2,20,21,22,24). The molecule has 124 valence electrons. The Morgan fingerprint density at radius 2 is 1.62 bits per heavy atom. The summed E-state index contributed by atoms with van der Waals surface area (Å²) in [7, 11) is 0. The summed E-state index contributed by atoms with van der Waals surface area (Å²) in [6, 6.07) is 14.5. The molecule has 2 rings (SSSR count). The van der Waals surface area contributed by atoms with Crippen molar-refractivity contribution < 1.29 is 9.59 Å². The molecule has 0 bridgehead atoms. The van der Waals surface area contributed by atoms with Gasteiger partial charge in [0.2, 0.25) is 5.91 Å². The summed E-state index contributed by atoms with van der Waals surface area (Å²) in [6.45, 7) is 3.70. The van der Waals surface area contributed by atoms with E-state index in [-0.39, 0.29) is 16.9 Å². The molecule has 0 aliphatic rings. The van der Waals surface area contributed by atoms with Gasteiger partial charge in [0.25, 0.3) is 5.91 Å². The van der Waals surface area contributed by atoms with Crippen molar-refractivity contribution in [2.45, 2.75) is 20.3 Å². The van der Waals surface area contributed by atoms with Gasteiger partial charge in [-0.2, -0.15) is 0 Å². The summed E-state index contributed by atoms with van der Waals surface area (Å²) >= 11 is 5.04. The van der Waals surface area contributed by atoms with Crippen molar-refractivity contribution in [1.29, 1.82) is 0 Å². The second kappa shape index (κ2) is 8.21. The first-order valence-corrected chi connectivity index (χ1v) is 7.97. The van der Waals surface area contributed by atoms with E-state index in [0.717, 1.165) is 11.3 Å². The molecule has 0 heterocycles. The normalized spacial score (nSPS) is 9.92. The monoisotopic (exact) mass is 341 g/mol. The third-order valence-corrected chi connectivity index (χ3v) is 3.46. The average molecular weight is 341 g/mol. The van der Waals surface area contributed by atoms with Crippen molar-refractivity contribution >= 4 is 40.5 Å². The van der Waals surface area contributed by atoms with Crippen molar-refractivity contribution in [1.82, 2.24) is 5.32 Å². The van der Waals surface area contributed by atoms with Gasteiger partial charge in [-0.25, -0.2) is 0 Å². The maximum absolute atomic E-state index is 12.2. The van der Waals surface area contributed by atoms with Crippen molar-refractivity contribution in [3.05, 3.63) is 59.7 Å². The number of rotatable bonds is 4. The highest BCUT2D eigenvalue weighted by molar-refractivity contribution is 7.80. The number of benzene rings is 2. The zero-order valence-corrected chi connectivity index (χ0v) is 14.4. The van der Waals surface area contributed by atoms with Crippen LogP contribution in [-0.2, 0) is 4.79 Å². The predicted octanol–water partition coefficient (Wildman–Crippen LogP) is 3.47. The molecule has 24 heavy (non-hydrogen) atoms. The topological polar surface area (TPSA) is 70.2 Å². The highest BCUT2D eigenvalue weighted by Crippen LogP contribution is 2.15. The van der Waals surface area contributed by atoms with Crippen molar-refractivity contribution in [2.75, 3.05) is 10.6 Å². The second-order valence-electron chi connectivity index (χ2n) is 5.26. The predicted molar refractivity (Wildman–Crippen MR) is 100 cm³/mol. The largest absolute Gasteiger partial charge is 0.332 e. The Labute approximate surface area is 146 Å². The first-order chi connectivity index (χ1) is 11.5. The van der Waals surface area contributed by atoms with Gasteiger partial charge in [-0.05, 0) is 55.5 Å². The van der Waals surface area contributed by atoms with Gasteiger partial charge in [-0.15, -0.1) is 0 Å². The first-order valence-electron chi connectivity index (χ1n) is 7.57. The fourth-order valence-electron chi connectivity index (χ4n) is 2.00. The van der Waals surface area contributed by atoms with Gasteiger partial charge >= 0.3 is 0 Å². The molecule has 3 N–H and O–H groups in total. The molecule has 6 heteroatoms. The van der Waals surface area contributed by atoms with E-state index in [2.05, 4.69) is 16.0 Å². The van der Waals surface area contributed by atoms with Gasteiger partial charge < -0.3 is 16.0 Å². The Balaban J connectivity index is 1.95. The van der Waals surface area contributed by atoms with Crippen LogP contribution in [0.1, 0.15) is 29.3 Å². The fourth-order valence-corrected chi connectivity index (χ4v) is 2.24.